The molecule has 0 radical (unpaired) electrons. The van der Waals surface area contributed by atoms with Gasteiger partial charge in [0, 0.05) is 49.4 Å². The minimum Gasteiger partial charge on any atom is -0.309 e. The monoisotopic (exact) mass is 725 g/mol. The Labute approximate surface area is 329 Å². The summed E-state index contributed by atoms with van der Waals surface area (Å²) in [6.07, 6.45) is 0. The Balaban J connectivity index is 1.08. The fourth-order valence-corrected chi connectivity index (χ4v) is 9.33. The summed E-state index contributed by atoms with van der Waals surface area (Å²) in [6.45, 7) is 0. The highest BCUT2D eigenvalue weighted by Gasteiger charge is 2.18. The fraction of sp³-hybridized carbons (Fsp3) is 0. The molecule has 0 atom stereocenters. The molecule has 0 spiro atoms. The van der Waals surface area contributed by atoms with Gasteiger partial charge in [0.1, 0.15) is 0 Å². The van der Waals surface area contributed by atoms with E-state index < -0.39 is 0 Å². The van der Waals surface area contributed by atoms with E-state index in [-0.39, 0.29) is 0 Å². The van der Waals surface area contributed by atoms with Gasteiger partial charge in [0.15, 0.2) is 0 Å². The molecule has 3 heteroatoms. The molecule has 0 aliphatic rings. The second-order valence-electron chi connectivity index (χ2n) is 15.0. The lowest BCUT2D eigenvalue weighted by Gasteiger charge is -2.16. The summed E-state index contributed by atoms with van der Waals surface area (Å²) < 4.78 is 7.26. The van der Waals surface area contributed by atoms with Crippen LogP contribution in [0.4, 0.5) is 0 Å². The Hall–Kier alpha value is -7.62. The smallest absolute Gasteiger partial charge is 0.0541 e. The topological polar surface area (TPSA) is 14.8 Å². The van der Waals surface area contributed by atoms with E-state index in [2.05, 4.69) is 226 Å². The van der Waals surface area contributed by atoms with Crippen molar-refractivity contribution in [3.05, 3.63) is 212 Å². The van der Waals surface area contributed by atoms with Gasteiger partial charge in [-0.3, -0.25) is 0 Å². The lowest BCUT2D eigenvalue weighted by Crippen LogP contribution is -2.00. The van der Waals surface area contributed by atoms with Gasteiger partial charge in [-0.15, -0.1) is 0 Å². The van der Waals surface area contributed by atoms with Crippen LogP contribution in [0.3, 0.4) is 0 Å². The van der Waals surface area contributed by atoms with Gasteiger partial charge in [0.25, 0.3) is 0 Å². The molecule has 0 bridgehead atoms. The zero-order valence-corrected chi connectivity index (χ0v) is 31.0. The third-order valence-electron chi connectivity index (χ3n) is 11.8. The molecule has 3 heterocycles. The predicted octanol–water partition coefficient (Wildman–Crippen LogP) is 14.3. The number of hydrogen-bond acceptors (Lipinski definition) is 0. The molecule has 0 saturated carbocycles. The third-order valence-corrected chi connectivity index (χ3v) is 11.8. The quantitative estimate of drug-likeness (QED) is 0.168. The molecule has 0 aliphatic heterocycles. The zero-order valence-electron chi connectivity index (χ0n) is 31.0. The van der Waals surface area contributed by atoms with Crippen molar-refractivity contribution >= 4 is 65.4 Å². The van der Waals surface area contributed by atoms with Gasteiger partial charge in [-0.25, -0.2) is 0 Å². The van der Waals surface area contributed by atoms with Crippen molar-refractivity contribution < 1.29 is 0 Å². The van der Waals surface area contributed by atoms with Crippen molar-refractivity contribution in [1.82, 2.24) is 13.7 Å². The molecule has 0 saturated heterocycles. The first kappa shape index (κ1) is 31.7. The fourth-order valence-electron chi connectivity index (χ4n) is 9.33. The van der Waals surface area contributed by atoms with E-state index in [1.807, 2.05) is 0 Å². The number of nitrogens with zero attached hydrogens (tertiary/aromatic N) is 3. The molecule has 9 aromatic carbocycles. The molecule has 57 heavy (non-hydrogen) atoms. The van der Waals surface area contributed by atoms with Gasteiger partial charge in [-0.05, 0) is 95.1 Å². The SMILES string of the molecule is c1cc(-c2cccc(-n3c4ccccc4c4ccccc43)c2)cc(-c2cc(-n3c4ccccc4c4ccccc43)cc(-n3c4ccccc4c4ccccc43)c2)c1. The largest absolute Gasteiger partial charge is 0.309 e. The second kappa shape index (κ2) is 12.5. The molecule has 0 unspecified atom stereocenters. The van der Waals surface area contributed by atoms with Gasteiger partial charge < -0.3 is 13.7 Å². The van der Waals surface area contributed by atoms with E-state index in [0.717, 1.165) is 22.6 Å². The number of rotatable bonds is 5. The predicted molar refractivity (Wildman–Crippen MR) is 240 cm³/mol. The normalized spacial score (nSPS) is 11.9. The molecule has 0 amide bonds. The van der Waals surface area contributed by atoms with Crippen molar-refractivity contribution in [2.75, 3.05) is 0 Å². The minimum atomic E-state index is 1.13. The van der Waals surface area contributed by atoms with Crippen molar-refractivity contribution in [2.24, 2.45) is 0 Å². The molecule has 12 rings (SSSR count). The van der Waals surface area contributed by atoms with Crippen LogP contribution in [-0.2, 0) is 0 Å². The molecule has 0 fully saturated rings. The molecule has 3 aromatic heterocycles. The Morgan fingerprint density at radius 2 is 0.474 bits per heavy atom. The average Bonchev–Trinajstić information content (AvgIpc) is 3.92. The first-order valence-corrected chi connectivity index (χ1v) is 19.6. The summed E-state index contributed by atoms with van der Waals surface area (Å²) in [5.41, 5.74) is 15.3. The van der Waals surface area contributed by atoms with Gasteiger partial charge in [0.2, 0.25) is 0 Å². The number of fused-ring (bicyclic) bond motifs is 9. The summed E-state index contributed by atoms with van der Waals surface area (Å²) >= 11 is 0. The first-order valence-electron chi connectivity index (χ1n) is 19.6. The summed E-state index contributed by atoms with van der Waals surface area (Å²) in [4.78, 5) is 0. The summed E-state index contributed by atoms with van der Waals surface area (Å²) in [5.74, 6) is 0. The van der Waals surface area contributed by atoms with Crippen LogP contribution in [0.2, 0.25) is 0 Å². The standard InChI is InChI=1S/C54H35N3/c1-7-25-49-43(19-1)44-20-2-8-26-50(44)55(49)40-18-14-17-38(32-40)36-15-13-16-37(31-36)39-33-41(56-51-27-9-3-21-45(51)46-22-4-10-28-52(46)56)35-42(34-39)57-53-29-11-5-23-47(53)48-24-6-12-30-54(48)57/h1-35H. The first-order chi connectivity index (χ1) is 28.3. The Morgan fingerprint density at radius 3 is 0.860 bits per heavy atom. The second-order valence-corrected chi connectivity index (χ2v) is 15.0. The van der Waals surface area contributed by atoms with Crippen LogP contribution in [0.5, 0.6) is 0 Å². The number of aromatic nitrogens is 3. The highest BCUT2D eigenvalue weighted by atomic mass is 15.0. The lowest BCUT2D eigenvalue weighted by molar-refractivity contribution is 1.13. The van der Waals surface area contributed by atoms with Gasteiger partial charge in [-0.2, -0.15) is 0 Å². The van der Waals surface area contributed by atoms with Crippen molar-refractivity contribution in [3.8, 4) is 39.3 Å². The van der Waals surface area contributed by atoms with Crippen molar-refractivity contribution in [3.63, 3.8) is 0 Å². The van der Waals surface area contributed by atoms with Gasteiger partial charge in [0.05, 0.1) is 33.1 Å². The maximum atomic E-state index is 2.44. The molecular weight excluding hydrogens is 691 g/mol. The lowest BCUT2D eigenvalue weighted by atomic mass is 9.98. The maximum Gasteiger partial charge on any atom is 0.0541 e. The highest BCUT2D eigenvalue weighted by Crippen LogP contribution is 2.39. The third kappa shape index (κ3) is 4.86. The minimum absolute atomic E-state index is 1.13. The van der Waals surface area contributed by atoms with E-state index in [0.29, 0.717) is 0 Å². The average molecular weight is 726 g/mol. The van der Waals surface area contributed by atoms with E-state index >= 15 is 0 Å². The number of benzene rings is 9. The van der Waals surface area contributed by atoms with E-state index in [9.17, 15) is 0 Å². The van der Waals surface area contributed by atoms with Crippen molar-refractivity contribution in [2.45, 2.75) is 0 Å². The van der Waals surface area contributed by atoms with Crippen LogP contribution in [0.1, 0.15) is 0 Å². The number of hydrogen-bond donors (Lipinski definition) is 0. The van der Waals surface area contributed by atoms with Crippen LogP contribution in [0, 0.1) is 0 Å². The van der Waals surface area contributed by atoms with Gasteiger partial charge in [-0.1, -0.05) is 140 Å². The summed E-state index contributed by atoms with van der Waals surface area (Å²) in [6, 6.07) is 77.6. The number of para-hydroxylation sites is 6. The van der Waals surface area contributed by atoms with E-state index in [4.69, 9.17) is 0 Å². The molecule has 0 N–H and O–H groups in total. The van der Waals surface area contributed by atoms with E-state index in [1.54, 1.807) is 0 Å². The molecule has 3 nitrogen and oxygen atoms in total. The van der Waals surface area contributed by atoms with Crippen molar-refractivity contribution in [1.29, 1.82) is 0 Å². The molecular formula is C54H35N3. The summed E-state index contributed by atoms with van der Waals surface area (Å²) in [5, 5.41) is 7.54. The Morgan fingerprint density at radius 1 is 0.193 bits per heavy atom. The van der Waals surface area contributed by atoms with Crippen LogP contribution >= 0.6 is 0 Å². The molecule has 12 aromatic rings. The van der Waals surface area contributed by atoms with Crippen LogP contribution < -0.4 is 0 Å². The maximum absolute atomic E-state index is 2.44. The van der Waals surface area contributed by atoms with E-state index in [1.165, 1.54) is 82.1 Å². The Kier molecular flexibility index (Phi) is 6.93. The molecule has 0 aliphatic carbocycles. The highest BCUT2D eigenvalue weighted by molar-refractivity contribution is 6.11. The van der Waals surface area contributed by atoms with Gasteiger partial charge >= 0.3 is 0 Å². The van der Waals surface area contributed by atoms with Crippen LogP contribution in [0.25, 0.3) is 105 Å². The Bertz CT molecular complexity index is 3250. The zero-order chi connectivity index (χ0) is 37.5. The summed E-state index contributed by atoms with van der Waals surface area (Å²) in [7, 11) is 0. The van der Waals surface area contributed by atoms with Crippen LogP contribution in [0.15, 0.2) is 212 Å². The van der Waals surface area contributed by atoms with Crippen LogP contribution in [-0.4, -0.2) is 13.7 Å². The molecule has 266 valence electrons.